The van der Waals surface area contributed by atoms with E-state index in [0.29, 0.717) is 17.1 Å². The monoisotopic (exact) mass is 337 g/mol. The van der Waals surface area contributed by atoms with Gasteiger partial charge in [-0.3, -0.25) is 4.79 Å². The van der Waals surface area contributed by atoms with Gasteiger partial charge in [-0.25, -0.2) is 0 Å². The van der Waals surface area contributed by atoms with Crippen LogP contribution in [0, 0.1) is 0 Å². The van der Waals surface area contributed by atoms with Crippen LogP contribution in [0.2, 0.25) is 5.02 Å². The Morgan fingerprint density at radius 2 is 1.89 bits per heavy atom. The predicted octanol–water partition coefficient (Wildman–Crippen LogP) is 4.77. The van der Waals surface area contributed by atoms with Crippen molar-refractivity contribution in [3.63, 3.8) is 0 Å². The van der Waals surface area contributed by atoms with Crippen molar-refractivity contribution in [2.24, 2.45) is 0 Å². The first-order valence-corrected chi connectivity index (χ1v) is 7.12. The fourth-order valence-electron chi connectivity index (χ4n) is 1.84. The van der Waals surface area contributed by atoms with E-state index in [9.17, 15) is 4.79 Å². The molecule has 0 aromatic heterocycles. The van der Waals surface area contributed by atoms with Crippen LogP contribution in [-0.2, 0) is 0 Å². The van der Waals surface area contributed by atoms with E-state index in [1.54, 1.807) is 23.1 Å². The first-order valence-electron chi connectivity index (χ1n) is 5.95. The molecule has 98 valence electrons. The molecule has 1 amide bonds. The fourth-order valence-corrected chi connectivity index (χ4v) is 2.26. The van der Waals surface area contributed by atoms with E-state index in [0.717, 1.165) is 10.2 Å². The average Bonchev–Trinajstić information content (AvgIpc) is 2.44. The smallest absolute Gasteiger partial charge is 0.258 e. The molecule has 2 rings (SSSR count). The van der Waals surface area contributed by atoms with E-state index in [4.69, 9.17) is 11.6 Å². The first kappa shape index (κ1) is 14.1. The number of hydrogen-bond acceptors (Lipinski definition) is 1. The maximum Gasteiger partial charge on any atom is 0.258 e. The maximum atomic E-state index is 12.5. The summed E-state index contributed by atoms with van der Waals surface area (Å²) in [4.78, 5) is 14.2. The third-order valence-corrected chi connectivity index (χ3v) is 4.03. The standard InChI is InChI=1S/C15H13BrClNO/c1-2-18(12-6-4-3-5-7-12)15(19)11-8-9-13(16)14(17)10-11/h3-10H,2H2,1H3. The highest BCUT2D eigenvalue weighted by Crippen LogP contribution is 2.25. The number of rotatable bonds is 3. The second-order valence-electron chi connectivity index (χ2n) is 4.01. The van der Waals surface area contributed by atoms with Crippen LogP contribution in [0.4, 0.5) is 5.69 Å². The van der Waals surface area contributed by atoms with E-state index in [1.807, 2.05) is 37.3 Å². The number of hydrogen-bond donors (Lipinski definition) is 0. The maximum absolute atomic E-state index is 12.5. The molecule has 0 N–H and O–H groups in total. The van der Waals surface area contributed by atoms with Gasteiger partial charge in [0.25, 0.3) is 5.91 Å². The highest BCUT2D eigenvalue weighted by atomic mass is 79.9. The van der Waals surface area contributed by atoms with Crippen LogP contribution in [0.1, 0.15) is 17.3 Å². The number of amides is 1. The Bertz CT molecular complexity index is 586. The summed E-state index contributed by atoms with van der Waals surface area (Å²) >= 11 is 9.35. The lowest BCUT2D eigenvalue weighted by molar-refractivity contribution is 0.0988. The van der Waals surface area contributed by atoms with Crippen LogP contribution in [0.3, 0.4) is 0 Å². The third kappa shape index (κ3) is 3.17. The quantitative estimate of drug-likeness (QED) is 0.789. The molecule has 0 aliphatic carbocycles. The van der Waals surface area contributed by atoms with Crippen molar-refractivity contribution in [2.75, 3.05) is 11.4 Å². The summed E-state index contributed by atoms with van der Waals surface area (Å²) in [5.74, 6) is -0.0527. The first-order chi connectivity index (χ1) is 9.13. The van der Waals surface area contributed by atoms with Crippen molar-refractivity contribution in [1.29, 1.82) is 0 Å². The van der Waals surface area contributed by atoms with Gasteiger partial charge in [-0.15, -0.1) is 0 Å². The summed E-state index contributed by atoms with van der Waals surface area (Å²) in [5, 5.41) is 0.537. The summed E-state index contributed by atoms with van der Waals surface area (Å²) in [6.45, 7) is 2.56. The van der Waals surface area contributed by atoms with Gasteiger partial charge in [0.05, 0.1) is 5.02 Å². The molecule has 0 unspecified atom stereocenters. The van der Waals surface area contributed by atoms with E-state index < -0.39 is 0 Å². The minimum absolute atomic E-state index is 0.0527. The van der Waals surface area contributed by atoms with Gasteiger partial charge in [0, 0.05) is 22.3 Å². The Balaban J connectivity index is 2.33. The molecule has 0 bridgehead atoms. The Labute approximate surface area is 126 Å². The van der Waals surface area contributed by atoms with E-state index in [2.05, 4.69) is 15.9 Å². The zero-order chi connectivity index (χ0) is 13.8. The number of nitrogens with zero attached hydrogens (tertiary/aromatic N) is 1. The Morgan fingerprint density at radius 3 is 2.47 bits per heavy atom. The molecule has 0 aliphatic rings. The molecule has 2 aromatic rings. The second kappa shape index (κ2) is 6.22. The van der Waals surface area contributed by atoms with E-state index >= 15 is 0 Å². The van der Waals surface area contributed by atoms with E-state index in [-0.39, 0.29) is 5.91 Å². The zero-order valence-corrected chi connectivity index (χ0v) is 12.8. The van der Waals surface area contributed by atoms with Gasteiger partial charge in [-0.05, 0) is 53.2 Å². The van der Waals surface area contributed by atoms with Crippen molar-refractivity contribution in [3.8, 4) is 0 Å². The Morgan fingerprint density at radius 1 is 1.21 bits per heavy atom. The number of para-hydroxylation sites is 1. The summed E-state index contributed by atoms with van der Waals surface area (Å²) < 4.78 is 0.786. The molecule has 2 aromatic carbocycles. The topological polar surface area (TPSA) is 20.3 Å². The van der Waals surface area contributed by atoms with Gasteiger partial charge in [-0.1, -0.05) is 29.8 Å². The SMILES string of the molecule is CCN(C(=O)c1ccc(Br)c(Cl)c1)c1ccccc1. The summed E-state index contributed by atoms with van der Waals surface area (Å²) in [6, 6.07) is 14.8. The lowest BCUT2D eigenvalue weighted by atomic mass is 10.2. The zero-order valence-electron chi connectivity index (χ0n) is 10.4. The second-order valence-corrected chi connectivity index (χ2v) is 5.28. The predicted molar refractivity (Wildman–Crippen MR) is 82.9 cm³/mol. The van der Waals surface area contributed by atoms with Crippen LogP contribution in [-0.4, -0.2) is 12.5 Å². The van der Waals surface area contributed by atoms with Crippen molar-refractivity contribution >= 4 is 39.1 Å². The number of benzene rings is 2. The largest absolute Gasteiger partial charge is 0.309 e. The molecular formula is C15H13BrClNO. The van der Waals surface area contributed by atoms with Gasteiger partial charge in [-0.2, -0.15) is 0 Å². The number of carbonyl (C=O) groups excluding carboxylic acids is 1. The van der Waals surface area contributed by atoms with Gasteiger partial charge < -0.3 is 4.90 Å². The Hall–Kier alpha value is -1.32. The summed E-state index contributed by atoms with van der Waals surface area (Å²) in [7, 11) is 0. The summed E-state index contributed by atoms with van der Waals surface area (Å²) in [6.07, 6.45) is 0. The van der Waals surface area contributed by atoms with Crippen LogP contribution in [0.15, 0.2) is 53.0 Å². The lowest BCUT2D eigenvalue weighted by Crippen LogP contribution is -2.30. The molecule has 2 nitrogen and oxygen atoms in total. The molecule has 19 heavy (non-hydrogen) atoms. The van der Waals surface area contributed by atoms with Gasteiger partial charge in [0.2, 0.25) is 0 Å². The molecule has 0 fully saturated rings. The molecule has 0 radical (unpaired) electrons. The van der Waals surface area contributed by atoms with E-state index in [1.165, 1.54) is 0 Å². The lowest BCUT2D eigenvalue weighted by Gasteiger charge is -2.21. The molecule has 0 heterocycles. The molecule has 0 saturated carbocycles. The van der Waals surface area contributed by atoms with Crippen molar-refractivity contribution < 1.29 is 4.79 Å². The van der Waals surface area contributed by atoms with Gasteiger partial charge in [0.1, 0.15) is 0 Å². The molecular weight excluding hydrogens is 326 g/mol. The average molecular weight is 339 g/mol. The molecule has 0 spiro atoms. The van der Waals surface area contributed by atoms with Gasteiger partial charge >= 0.3 is 0 Å². The highest BCUT2D eigenvalue weighted by Gasteiger charge is 2.16. The highest BCUT2D eigenvalue weighted by molar-refractivity contribution is 9.10. The minimum atomic E-state index is -0.0527. The minimum Gasteiger partial charge on any atom is -0.309 e. The summed E-state index contributed by atoms with van der Waals surface area (Å²) in [5.41, 5.74) is 1.47. The normalized spacial score (nSPS) is 10.3. The van der Waals surface area contributed by atoms with Crippen molar-refractivity contribution in [2.45, 2.75) is 6.92 Å². The van der Waals surface area contributed by atoms with Crippen LogP contribution < -0.4 is 4.90 Å². The third-order valence-electron chi connectivity index (χ3n) is 2.80. The molecule has 0 aliphatic heterocycles. The molecule has 0 saturated heterocycles. The van der Waals surface area contributed by atoms with Gasteiger partial charge in [0.15, 0.2) is 0 Å². The fraction of sp³-hybridized carbons (Fsp3) is 0.133. The van der Waals surface area contributed by atoms with Crippen LogP contribution >= 0.6 is 27.5 Å². The van der Waals surface area contributed by atoms with Crippen molar-refractivity contribution in [3.05, 3.63) is 63.6 Å². The molecule has 0 atom stereocenters. The van der Waals surface area contributed by atoms with Crippen LogP contribution in [0.25, 0.3) is 0 Å². The Kier molecular flexibility index (Phi) is 4.61. The molecule has 4 heteroatoms. The van der Waals surface area contributed by atoms with Crippen molar-refractivity contribution in [1.82, 2.24) is 0 Å². The number of carbonyl (C=O) groups is 1. The number of halogens is 2. The van der Waals surface area contributed by atoms with Crippen LogP contribution in [0.5, 0.6) is 0 Å². The number of anilines is 1.